The Hall–Kier alpha value is -4.16. The fraction of sp³-hybridized carbons (Fsp3) is 0.538. The van der Waals surface area contributed by atoms with Gasteiger partial charge in [-0.3, -0.25) is 4.79 Å². The zero-order chi connectivity index (χ0) is 28.2. The number of carboxylic acids is 2. The minimum absolute atomic E-state index is 0.163. The molecule has 212 valence electrons. The predicted octanol–water partition coefficient (Wildman–Crippen LogP) is 2.17. The molecule has 0 spiro atoms. The normalized spacial score (nSPS) is 17.2. The van der Waals surface area contributed by atoms with Gasteiger partial charge in [0.25, 0.3) is 0 Å². The molecule has 0 radical (unpaired) electrons. The predicted molar refractivity (Wildman–Crippen MR) is 146 cm³/mol. The second-order valence-corrected chi connectivity index (χ2v) is 9.36. The van der Waals surface area contributed by atoms with Gasteiger partial charge in [-0.2, -0.15) is 0 Å². The summed E-state index contributed by atoms with van der Waals surface area (Å²) >= 11 is 0. The number of hydrogen-bond acceptors (Lipinski definition) is 8. The number of rotatable bonds is 11. The van der Waals surface area contributed by atoms with Gasteiger partial charge in [0.15, 0.2) is 0 Å². The van der Waals surface area contributed by atoms with Gasteiger partial charge in [0.05, 0.1) is 12.8 Å². The standard InChI is InChI=1S/C26H37N7O6/c1-3-22(28-15-21(25(36)37)32-26(38)39-14-10-23(34)35)30-17(2)29-16-33-12-8-18(9-13-33)20-7-6-19-5-4-11-27-24(19)31-20/h3,6-7,16,18,21,28H,4-5,8-15H2,1-2H3,(H,27,31)(H,32,38)(H,34,35)(H,36,37)/b22-3+,29-16+,30-17-. The molecule has 0 aromatic carbocycles. The van der Waals surface area contributed by atoms with Gasteiger partial charge in [0.1, 0.15) is 30.1 Å². The highest BCUT2D eigenvalue weighted by atomic mass is 16.5. The van der Waals surface area contributed by atoms with E-state index in [-0.39, 0.29) is 19.6 Å². The van der Waals surface area contributed by atoms with E-state index in [2.05, 4.69) is 47.7 Å². The minimum Gasteiger partial charge on any atom is -0.481 e. The maximum Gasteiger partial charge on any atom is 0.407 e. The van der Waals surface area contributed by atoms with Crippen molar-refractivity contribution in [2.75, 3.05) is 38.1 Å². The molecular weight excluding hydrogens is 506 g/mol. The fourth-order valence-corrected chi connectivity index (χ4v) is 4.28. The first-order valence-electron chi connectivity index (χ1n) is 13.1. The second-order valence-electron chi connectivity index (χ2n) is 9.36. The van der Waals surface area contributed by atoms with Crippen LogP contribution in [0, 0.1) is 0 Å². The Bertz CT molecular complexity index is 1110. The van der Waals surface area contributed by atoms with Crippen molar-refractivity contribution in [1.82, 2.24) is 20.5 Å². The van der Waals surface area contributed by atoms with E-state index in [0.717, 1.165) is 56.8 Å². The average Bonchev–Trinajstić information content (AvgIpc) is 2.93. The van der Waals surface area contributed by atoms with E-state index in [1.54, 1.807) is 26.3 Å². The van der Waals surface area contributed by atoms with Gasteiger partial charge in [-0.15, -0.1) is 0 Å². The molecule has 1 unspecified atom stereocenters. The number of likely N-dealkylation sites (tertiary alicyclic amines) is 1. The number of hydrogen-bond donors (Lipinski definition) is 5. The molecule has 1 aromatic heterocycles. The molecule has 13 nitrogen and oxygen atoms in total. The Labute approximate surface area is 227 Å². The molecule has 2 aliphatic heterocycles. The number of fused-ring (bicyclic) bond motifs is 1. The molecule has 1 amide bonds. The number of pyridine rings is 1. The van der Waals surface area contributed by atoms with Crippen LogP contribution in [0.4, 0.5) is 10.6 Å². The van der Waals surface area contributed by atoms with Crippen LogP contribution < -0.4 is 16.0 Å². The van der Waals surface area contributed by atoms with Crippen molar-refractivity contribution in [3.63, 3.8) is 0 Å². The number of carbonyl (C=O) groups is 3. The molecule has 3 heterocycles. The second kappa shape index (κ2) is 14.7. The Morgan fingerprint density at radius 2 is 2.05 bits per heavy atom. The quantitative estimate of drug-likeness (QED) is 0.205. The van der Waals surface area contributed by atoms with Crippen molar-refractivity contribution < 1.29 is 29.3 Å². The molecule has 3 rings (SSSR count). The van der Waals surface area contributed by atoms with Crippen molar-refractivity contribution in [1.29, 1.82) is 0 Å². The van der Waals surface area contributed by atoms with E-state index in [4.69, 9.17) is 10.1 Å². The number of allylic oxidation sites excluding steroid dienone is 1. The van der Waals surface area contributed by atoms with Gasteiger partial charge in [0.2, 0.25) is 0 Å². The minimum atomic E-state index is -1.31. The summed E-state index contributed by atoms with van der Waals surface area (Å²) in [5.41, 5.74) is 2.44. The van der Waals surface area contributed by atoms with Crippen molar-refractivity contribution >= 4 is 36.0 Å². The third-order valence-corrected chi connectivity index (χ3v) is 6.45. The third-order valence-electron chi connectivity index (χ3n) is 6.45. The largest absolute Gasteiger partial charge is 0.481 e. The van der Waals surface area contributed by atoms with Crippen LogP contribution in [-0.2, 0) is 20.7 Å². The van der Waals surface area contributed by atoms with Crippen LogP contribution in [0.25, 0.3) is 0 Å². The molecule has 1 atom stereocenters. The van der Waals surface area contributed by atoms with Crippen LogP contribution in [0.15, 0.2) is 34.0 Å². The number of piperidine rings is 1. The zero-order valence-electron chi connectivity index (χ0n) is 22.4. The van der Waals surface area contributed by atoms with E-state index in [1.807, 2.05) is 0 Å². The number of amides is 1. The van der Waals surface area contributed by atoms with Gasteiger partial charge in [-0.05, 0) is 57.2 Å². The monoisotopic (exact) mass is 543 g/mol. The summed E-state index contributed by atoms with van der Waals surface area (Å²) < 4.78 is 4.68. The molecule has 2 aliphatic rings. The van der Waals surface area contributed by atoms with Crippen molar-refractivity contribution in [2.24, 2.45) is 9.98 Å². The van der Waals surface area contributed by atoms with Crippen LogP contribution in [0.1, 0.15) is 56.7 Å². The molecule has 13 heteroatoms. The van der Waals surface area contributed by atoms with E-state index >= 15 is 0 Å². The van der Waals surface area contributed by atoms with Gasteiger partial charge >= 0.3 is 18.0 Å². The van der Waals surface area contributed by atoms with Crippen LogP contribution in [0.3, 0.4) is 0 Å². The van der Waals surface area contributed by atoms with Crippen LogP contribution in [0.5, 0.6) is 0 Å². The summed E-state index contributed by atoms with van der Waals surface area (Å²) in [6.45, 7) is 5.65. The highest BCUT2D eigenvalue weighted by molar-refractivity contribution is 5.87. The maximum atomic E-state index is 11.7. The summed E-state index contributed by atoms with van der Waals surface area (Å²) in [4.78, 5) is 49.6. The Balaban J connectivity index is 1.45. The lowest BCUT2D eigenvalue weighted by atomic mass is 9.92. The average molecular weight is 544 g/mol. The molecule has 1 aromatic rings. The fourth-order valence-electron chi connectivity index (χ4n) is 4.28. The Morgan fingerprint density at radius 3 is 2.74 bits per heavy atom. The maximum absolute atomic E-state index is 11.7. The van der Waals surface area contributed by atoms with E-state index < -0.39 is 24.1 Å². The SMILES string of the molecule is C/C=C(/N=C(C)\N=C\N1CCC(c2ccc3c(n2)NCCC3)CC1)NCC(NC(=O)OCCC(=O)O)C(=O)O. The zero-order valence-corrected chi connectivity index (χ0v) is 22.4. The number of carboxylic acid groups (broad SMARTS) is 2. The molecule has 1 saturated heterocycles. The molecule has 1 fully saturated rings. The number of aryl methyl sites for hydroxylation is 1. The highest BCUT2D eigenvalue weighted by Crippen LogP contribution is 2.29. The van der Waals surface area contributed by atoms with Crippen LogP contribution >= 0.6 is 0 Å². The summed E-state index contributed by atoms with van der Waals surface area (Å²) in [5.74, 6) is -0.0861. The van der Waals surface area contributed by atoms with Crippen LogP contribution in [-0.4, -0.2) is 89.1 Å². The topological polar surface area (TPSA) is 178 Å². The molecule has 39 heavy (non-hydrogen) atoms. The van der Waals surface area contributed by atoms with Crippen molar-refractivity contribution in [3.05, 3.63) is 35.3 Å². The number of anilines is 1. The lowest BCUT2D eigenvalue weighted by Gasteiger charge is -2.30. The van der Waals surface area contributed by atoms with E-state index in [9.17, 15) is 19.5 Å². The number of carbonyl (C=O) groups excluding carboxylic acids is 1. The van der Waals surface area contributed by atoms with Gasteiger partial charge in [0, 0.05) is 37.8 Å². The molecule has 0 aliphatic carbocycles. The molecule has 5 N–H and O–H groups in total. The van der Waals surface area contributed by atoms with Crippen LogP contribution in [0.2, 0.25) is 0 Å². The number of aromatic nitrogens is 1. The van der Waals surface area contributed by atoms with Gasteiger partial charge in [-0.1, -0.05) is 6.07 Å². The number of ether oxygens (including phenoxy) is 1. The van der Waals surface area contributed by atoms with E-state index in [1.165, 1.54) is 5.56 Å². The van der Waals surface area contributed by atoms with Gasteiger partial charge in [-0.25, -0.2) is 24.6 Å². The third kappa shape index (κ3) is 9.58. The smallest absolute Gasteiger partial charge is 0.407 e. The van der Waals surface area contributed by atoms with Crippen molar-refractivity contribution in [3.8, 4) is 0 Å². The van der Waals surface area contributed by atoms with E-state index in [0.29, 0.717) is 17.6 Å². The summed E-state index contributed by atoms with van der Waals surface area (Å²) in [6, 6.07) is 3.06. The summed E-state index contributed by atoms with van der Waals surface area (Å²) in [6.07, 6.45) is 6.25. The lowest BCUT2D eigenvalue weighted by Crippen LogP contribution is -2.47. The Morgan fingerprint density at radius 1 is 1.28 bits per heavy atom. The number of amidine groups is 1. The number of aliphatic imine (C=N–C) groups is 2. The number of nitrogens with one attached hydrogen (secondary N) is 3. The molecular formula is C26H37N7O6. The van der Waals surface area contributed by atoms with Crippen molar-refractivity contribution in [2.45, 2.75) is 57.9 Å². The summed E-state index contributed by atoms with van der Waals surface area (Å²) in [5, 5.41) is 26.4. The first-order valence-corrected chi connectivity index (χ1v) is 13.1. The molecule has 0 saturated carbocycles. The first-order chi connectivity index (χ1) is 18.7. The highest BCUT2D eigenvalue weighted by Gasteiger charge is 2.23. The number of alkyl carbamates (subject to hydrolysis) is 1. The summed E-state index contributed by atoms with van der Waals surface area (Å²) in [7, 11) is 0. The Kier molecular flexibility index (Phi) is 11.1. The van der Waals surface area contributed by atoms with Gasteiger partial charge < -0.3 is 35.8 Å². The number of aliphatic carboxylic acids is 2. The lowest BCUT2D eigenvalue weighted by molar-refractivity contribution is -0.140. The molecule has 0 bridgehead atoms. The number of nitrogens with zero attached hydrogens (tertiary/aromatic N) is 4. The first kappa shape index (κ1) is 29.4.